The highest BCUT2D eigenvalue weighted by Crippen LogP contribution is 2.41. The maximum Gasteiger partial charge on any atom is 0.247 e. The van der Waals surface area contributed by atoms with Crippen molar-refractivity contribution in [3.8, 4) is 11.5 Å². The highest BCUT2D eigenvalue weighted by Gasteiger charge is 2.34. The number of methoxy groups -OCH3 is 1. The molecule has 3 aliphatic heterocycles. The summed E-state index contributed by atoms with van der Waals surface area (Å²) in [6.45, 7) is 11.2. The summed E-state index contributed by atoms with van der Waals surface area (Å²) in [4.78, 5) is 35.6. The minimum Gasteiger partial charge on any atom is -0.494 e. The second-order valence-corrected chi connectivity index (χ2v) is 14.5. The summed E-state index contributed by atoms with van der Waals surface area (Å²) in [5.41, 5.74) is 4.47. The molecule has 0 spiro atoms. The molecule has 4 fully saturated rings. The third-order valence-corrected chi connectivity index (χ3v) is 11.0. The number of hydrogen-bond donors (Lipinski definition) is 2. The number of carbonyl (C=O) groups excluding carboxylic acids is 1. The third kappa shape index (κ3) is 8.30. The van der Waals surface area contributed by atoms with E-state index in [2.05, 4.69) is 66.1 Å². The van der Waals surface area contributed by atoms with Gasteiger partial charge in [0.15, 0.2) is 5.82 Å². The number of rotatable bonds is 13. The zero-order valence-corrected chi connectivity index (χ0v) is 31.0. The van der Waals surface area contributed by atoms with Crippen molar-refractivity contribution in [1.82, 2.24) is 19.8 Å². The van der Waals surface area contributed by atoms with Crippen molar-refractivity contribution in [2.45, 2.75) is 56.8 Å². The lowest BCUT2D eigenvalue weighted by Gasteiger charge is -2.43. The number of anilines is 5. The maximum absolute atomic E-state index is 12.7. The molecule has 1 unspecified atom stereocenters. The van der Waals surface area contributed by atoms with Crippen molar-refractivity contribution in [3.63, 3.8) is 0 Å². The number of benzene rings is 3. The summed E-state index contributed by atoms with van der Waals surface area (Å²) in [6.07, 6.45) is 8.51. The Bertz CT molecular complexity index is 1910. The van der Waals surface area contributed by atoms with Gasteiger partial charge in [0, 0.05) is 69.9 Å². The van der Waals surface area contributed by atoms with Crippen LogP contribution in [0.25, 0.3) is 0 Å². The largest absolute Gasteiger partial charge is 0.494 e. The van der Waals surface area contributed by atoms with Crippen molar-refractivity contribution in [1.29, 1.82) is 0 Å². The van der Waals surface area contributed by atoms with Crippen molar-refractivity contribution in [2.24, 2.45) is 0 Å². The van der Waals surface area contributed by atoms with Crippen LogP contribution in [-0.4, -0.2) is 90.7 Å². The first kappa shape index (κ1) is 35.8. The molecule has 4 heterocycles. The minimum absolute atomic E-state index is 0.0564. The fourth-order valence-corrected chi connectivity index (χ4v) is 7.98. The molecule has 4 aliphatic rings. The quantitative estimate of drug-likeness (QED) is 0.146. The Morgan fingerprint density at radius 2 is 1.63 bits per heavy atom. The van der Waals surface area contributed by atoms with Crippen molar-refractivity contribution in [3.05, 3.63) is 103 Å². The van der Waals surface area contributed by atoms with Crippen molar-refractivity contribution >= 4 is 34.6 Å². The van der Waals surface area contributed by atoms with E-state index in [0.29, 0.717) is 48.0 Å². The first-order valence-corrected chi connectivity index (χ1v) is 19.2. The third-order valence-electron chi connectivity index (χ3n) is 11.0. The van der Waals surface area contributed by atoms with Crippen LogP contribution in [0.15, 0.2) is 91.8 Å². The average molecular weight is 731 g/mol. The molecule has 1 aliphatic carbocycles. The predicted octanol–water partition coefficient (Wildman–Crippen LogP) is 6.56. The van der Waals surface area contributed by atoms with Gasteiger partial charge < -0.3 is 25.0 Å². The number of carbonyl (C=O) groups is 1. The first-order valence-electron chi connectivity index (χ1n) is 19.2. The van der Waals surface area contributed by atoms with E-state index in [9.17, 15) is 4.79 Å². The second-order valence-electron chi connectivity index (χ2n) is 14.5. The van der Waals surface area contributed by atoms with E-state index in [1.54, 1.807) is 7.11 Å². The fourth-order valence-electron chi connectivity index (χ4n) is 7.98. The number of aromatic nitrogens is 2. The molecule has 1 saturated carbocycles. The molecule has 1 atom stereocenters. The minimum atomic E-state index is -0.271. The van der Waals surface area contributed by atoms with Gasteiger partial charge in [0.2, 0.25) is 5.91 Å². The van der Waals surface area contributed by atoms with Crippen LogP contribution in [0, 0.1) is 0 Å². The van der Waals surface area contributed by atoms with E-state index in [4.69, 9.17) is 14.3 Å². The van der Waals surface area contributed by atoms with Gasteiger partial charge in [-0.05, 0) is 61.1 Å². The molecule has 2 N–H and O–H groups in total. The second kappa shape index (κ2) is 16.5. The highest BCUT2D eigenvalue weighted by atomic mass is 16.7. The normalized spacial score (nSPS) is 19.8. The van der Waals surface area contributed by atoms with Gasteiger partial charge >= 0.3 is 0 Å². The van der Waals surface area contributed by atoms with Gasteiger partial charge in [-0.2, -0.15) is 0 Å². The van der Waals surface area contributed by atoms with E-state index < -0.39 is 0 Å². The number of hydrogen-bond acceptors (Lipinski definition) is 11. The Morgan fingerprint density at radius 1 is 0.870 bits per heavy atom. The highest BCUT2D eigenvalue weighted by molar-refractivity contribution is 6.02. The van der Waals surface area contributed by atoms with E-state index >= 15 is 0 Å². The SMILES string of the molecule is C=CC(=O)Nc1cc(Nc2cc(N3OCCC3c3cccc(OCc4ccccc4)c3)ncn2)c(OC)cc1N1CCC(N2CCN(C3CC3)CC2)CC1. The van der Waals surface area contributed by atoms with Crippen molar-refractivity contribution in [2.75, 3.05) is 73.6 Å². The molecule has 282 valence electrons. The number of amides is 1. The molecule has 54 heavy (non-hydrogen) atoms. The van der Waals surface area contributed by atoms with E-state index in [1.165, 1.54) is 38.3 Å². The van der Waals surface area contributed by atoms with Crippen LogP contribution in [0.5, 0.6) is 11.5 Å². The molecule has 12 heteroatoms. The van der Waals surface area contributed by atoms with Crippen molar-refractivity contribution < 1.29 is 19.1 Å². The zero-order chi connectivity index (χ0) is 36.9. The van der Waals surface area contributed by atoms with Crippen LogP contribution in [0.3, 0.4) is 0 Å². The molecular formula is C42H50N8O4. The Kier molecular flexibility index (Phi) is 10.9. The Morgan fingerprint density at radius 3 is 2.35 bits per heavy atom. The molecule has 8 rings (SSSR count). The lowest BCUT2D eigenvalue weighted by molar-refractivity contribution is -0.111. The number of ether oxygens (including phenoxy) is 2. The van der Waals surface area contributed by atoms with Gasteiger partial charge in [-0.25, -0.2) is 15.0 Å². The molecule has 12 nitrogen and oxygen atoms in total. The Labute approximate surface area is 317 Å². The molecule has 3 aromatic carbocycles. The molecular weight excluding hydrogens is 681 g/mol. The molecule has 1 aromatic heterocycles. The smallest absolute Gasteiger partial charge is 0.247 e. The van der Waals surface area contributed by atoms with Crippen LogP contribution in [0.1, 0.15) is 49.3 Å². The van der Waals surface area contributed by atoms with E-state index in [0.717, 1.165) is 74.0 Å². The van der Waals surface area contributed by atoms with Gasteiger partial charge in [-0.15, -0.1) is 0 Å². The average Bonchev–Trinajstić information content (AvgIpc) is 3.96. The summed E-state index contributed by atoms with van der Waals surface area (Å²) in [5.74, 6) is 2.35. The molecule has 3 saturated heterocycles. The topological polar surface area (TPSA) is 108 Å². The predicted molar refractivity (Wildman–Crippen MR) is 212 cm³/mol. The fraction of sp³-hybridized carbons (Fsp3) is 0.405. The number of nitrogens with one attached hydrogen (secondary N) is 2. The van der Waals surface area contributed by atoms with Gasteiger partial charge in [-0.3, -0.25) is 19.4 Å². The zero-order valence-electron chi connectivity index (χ0n) is 31.0. The summed E-state index contributed by atoms with van der Waals surface area (Å²) >= 11 is 0. The number of piperidine rings is 1. The molecule has 4 aromatic rings. The molecule has 1 amide bonds. The molecule has 0 radical (unpaired) electrons. The number of nitrogens with zero attached hydrogens (tertiary/aromatic N) is 6. The van der Waals surface area contributed by atoms with Crippen LogP contribution in [0.4, 0.5) is 28.7 Å². The first-order chi connectivity index (χ1) is 26.5. The Hall–Kier alpha value is -5.17. The van der Waals surface area contributed by atoms with Gasteiger partial charge in [0.05, 0.1) is 36.8 Å². The molecule has 0 bridgehead atoms. The van der Waals surface area contributed by atoms with Crippen LogP contribution in [-0.2, 0) is 16.2 Å². The van der Waals surface area contributed by atoms with E-state index in [1.807, 2.05) is 53.6 Å². The van der Waals surface area contributed by atoms with Gasteiger partial charge in [-0.1, -0.05) is 49.0 Å². The van der Waals surface area contributed by atoms with Crippen LogP contribution >= 0.6 is 0 Å². The lowest BCUT2D eigenvalue weighted by atomic mass is 10.0. The number of piperazine rings is 1. The summed E-state index contributed by atoms with van der Waals surface area (Å²) in [5, 5.41) is 8.32. The maximum atomic E-state index is 12.7. The van der Waals surface area contributed by atoms with Gasteiger partial charge in [0.1, 0.15) is 30.3 Å². The summed E-state index contributed by atoms with van der Waals surface area (Å²) in [7, 11) is 1.66. The summed E-state index contributed by atoms with van der Waals surface area (Å²) in [6, 6.07) is 25.4. The van der Waals surface area contributed by atoms with Crippen LogP contribution in [0.2, 0.25) is 0 Å². The monoisotopic (exact) mass is 730 g/mol. The summed E-state index contributed by atoms with van der Waals surface area (Å²) < 4.78 is 12.0. The lowest BCUT2D eigenvalue weighted by Crippen LogP contribution is -2.53. The van der Waals surface area contributed by atoms with Gasteiger partial charge in [0.25, 0.3) is 0 Å². The Balaban J connectivity index is 0.966. The standard InChI is InChI=1S/C42H50N8O4/c1-3-42(51)46-35-25-36(39(52-2)26-38(35)49-17-14-33(15-18-49)48-21-19-47(20-22-48)32-12-13-32)45-40-27-41(44-29-43-40)50-37(16-23-54-50)31-10-7-11-34(24-31)53-28-30-8-5-4-6-9-30/h3-11,24-27,29,32-33,37H,1,12-23,28H2,2H3,(H,46,51)(H,43,44,45). The van der Waals surface area contributed by atoms with E-state index in [-0.39, 0.29) is 11.9 Å². The van der Waals surface area contributed by atoms with Crippen LogP contribution < -0.4 is 30.1 Å². The number of hydroxylamine groups is 1.